The molecule has 0 saturated carbocycles. The Balaban J connectivity index is 1.78. The van der Waals surface area contributed by atoms with Crippen molar-refractivity contribution in [1.82, 2.24) is 14.5 Å². The lowest BCUT2D eigenvalue weighted by Crippen LogP contribution is -2.26. The van der Waals surface area contributed by atoms with E-state index in [1.807, 2.05) is 22.8 Å². The van der Waals surface area contributed by atoms with E-state index in [4.69, 9.17) is 16.7 Å². The van der Waals surface area contributed by atoms with Crippen LogP contribution in [0.4, 0.5) is 0 Å². The Morgan fingerprint density at radius 2 is 1.97 bits per heavy atom. The van der Waals surface area contributed by atoms with Gasteiger partial charge in [-0.05, 0) is 36.2 Å². The molecule has 0 unspecified atom stereocenters. The van der Waals surface area contributed by atoms with Crippen LogP contribution in [0, 0.1) is 0 Å². The van der Waals surface area contributed by atoms with Gasteiger partial charge in [0.1, 0.15) is 5.82 Å². The van der Waals surface area contributed by atoms with E-state index in [0.717, 1.165) is 29.9 Å². The van der Waals surface area contributed by atoms with Crippen LogP contribution in [0.25, 0.3) is 11.0 Å². The van der Waals surface area contributed by atoms with Crippen molar-refractivity contribution in [3.05, 3.63) is 58.9 Å². The van der Waals surface area contributed by atoms with Crippen molar-refractivity contribution in [3.63, 3.8) is 0 Å². The normalized spacial score (nSPS) is 11.7. The van der Waals surface area contributed by atoms with Gasteiger partial charge in [-0.25, -0.2) is 18.5 Å². The number of aryl methyl sites for hydroxylation is 2. The molecule has 9 heteroatoms. The number of benzene rings is 2. The summed E-state index contributed by atoms with van der Waals surface area (Å²) < 4.78 is 25.3. The Morgan fingerprint density at radius 3 is 2.63 bits per heavy atom. The molecule has 1 heterocycles. The summed E-state index contributed by atoms with van der Waals surface area (Å²) in [7, 11) is -2.05. The van der Waals surface area contributed by atoms with Gasteiger partial charge in [-0.1, -0.05) is 36.7 Å². The third-order valence-corrected chi connectivity index (χ3v) is 6.21. The Labute approximate surface area is 181 Å². The molecule has 0 aliphatic rings. The van der Waals surface area contributed by atoms with Crippen LogP contribution in [0.15, 0.2) is 47.4 Å². The highest BCUT2D eigenvalue weighted by Crippen LogP contribution is 2.22. The number of nitrogens with zero attached hydrogens (tertiary/aromatic N) is 3. The van der Waals surface area contributed by atoms with E-state index < -0.39 is 10.0 Å². The molecule has 30 heavy (non-hydrogen) atoms. The number of nitrogens with two attached hydrogens (primary N) is 1. The second kappa shape index (κ2) is 9.16. The maximum absolute atomic E-state index is 12.7. The second-order valence-corrected chi connectivity index (χ2v) is 9.19. The highest BCUT2D eigenvalue weighted by molar-refractivity contribution is 7.89. The minimum atomic E-state index is -3.80. The van der Waals surface area contributed by atoms with Gasteiger partial charge < -0.3 is 9.47 Å². The van der Waals surface area contributed by atoms with Crippen molar-refractivity contribution in [2.75, 3.05) is 7.05 Å². The number of carbonyl (C=O) groups is 1. The number of imidazole rings is 1. The summed E-state index contributed by atoms with van der Waals surface area (Å²) in [5, 5.41) is 5.87. The summed E-state index contributed by atoms with van der Waals surface area (Å²) in [5.41, 5.74) is 2.28. The zero-order valence-corrected chi connectivity index (χ0v) is 18.6. The Hall–Kier alpha value is -2.42. The molecular formula is C21H25ClN4O3S. The number of primary sulfonamides is 1. The first-order valence-corrected chi connectivity index (χ1v) is 11.6. The molecule has 160 valence electrons. The molecule has 0 fully saturated rings. The fourth-order valence-electron chi connectivity index (χ4n) is 3.38. The van der Waals surface area contributed by atoms with Crippen LogP contribution < -0.4 is 5.14 Å². The van der Waals surface area contributed by atoms with Crippen LogP contribution in [0.3, 0.4) is 0 Å². The molecule has 0 radical (unpaired) electrons. The molecule has 2 aromatic carbocycles. The first-order chi connectivity index (χ1) is 14.2. The van der Waals surface area contributed by atoms with Gasteiger partial charge in [0.05, 0.1) is 15.9 Å². The van der Waals surface area contributed by atoms with Crippen LogP contribution in [0.2, 0.25) is 5.02 Å². The smallest absolute Gasteiger partial charge is 0.238 e. The SMILES string of the molecule is CCCn1c(CCC(=O)N(C)Cc2ccccc2Cl)nc2cc(S(N)(=O)=O)ccc21. The molecule has 0 aliphatic carbocycles. The van der Waals surface area contributed by atoms with Crippen LogP contribution in [0.5, 0.6) is 0 Å². The summed E-state index contributed by atoms with van der Waals surface area (Å²) in [6.07, 6.45) is 1.62. The number of hydrogen-bond donors (Lipinski definition) is 1. The summed E-state index contributed by atoms with van der Waals surface area (Å²) in [5.74, 6) is 0.730. The van der Waals surface area contributed by atoms with Crippen molar-refractivity contribution >= 4 is 38.6 Å². The number of rotatable bonds is 8. The third kappa shape index (κ3) is 5.00. The number of sulfonamides is 1. The van der Waals surface area contributed by atoms with E-state index in [0.29, 0.717) is 23.5 Å². The van der Waals surface area contributed by atoms with Gasteiger partial charge in [-0.3, -0.25) is 4.79 Å². The maximum atomic E-state index is 12.7. The average molecular weight is 449 g/mol. The van der Waals surface area contributed by atoms with Gasteiger partial charge in [-0.15, -0.1) is 0 Å². The molecule has 0 aliphatic heterocycles. The lowest BCUT2D eigenvalue weighted by atomic mass is 10.2. The number of aromatic nitrogens is 2. The zero-order valence-electron chi connectivity index (χ0n) is 17.0. The van der Waals surface area contributed by atoms with Crippen molar-refractivity contribution < 1.29 is 13.2 Å². The lowest BCUT2D eigenvalue weighted by Gasteiger charge is -2.18. The first kappa shape index (κ1) is 22.3. The molecule has 0 spiro atoms. The van der Waals surface area contributed by atoms with E-state index in [-0.39, 0.29) is 17.2 Å². The minimum absolute atomic E-state index is 0.0183. The highest BCUT2D eigenvalue weighted by atomic mass is 35.5. The fraction of sp³-hybridized carbons (Fsp3) is 0.333. The Kier molecular flexibility index (Phi) is 6.80. The molecule has 1 aromatic heterocycles. The quantitative estimate of drug-likeness (QED) is 0.571. The van der Waals surface area contributed by atoms with Crippen molar-refractivity contribution in [2.45, 2.75) is 44.2 Å². The number of halogens is 1. The summed E-state index contributed by atoms with van der Waals surface area (Å²) in [4.78, 5) is 18.9. The third-order valence-electron chi connectivity index (χ3n) is 4.93. The molecule has 7 nitrogen and oxygen atoms in total. The maximum Gasteiger partial charge on any atom is 0.238 e. The second-order valence-electron chi connectivity index (χ2n) is 7.22. The number of hydrogen-bond acceptors (Lipinski definition) is 4. The van der Waals surface area contributed by atoms with E-state index in [1.54, 1.807) is 24.1 Å². The van der Waals surface area contributed by atoms with E-state index in [2.05, 4.69) is 11.9 Å². The van der Waals surface area contributed by atoms with Crippen molar-refractivity contribution in [2.24, 2.45) is 5.14 Å². The Morgan fingerprint density at radius 1 is 1.23 bits per heavy atom. The molecule has 0 atom stereocenters. The molecule has 3 rings (SSSR count). The number of carbonyl (C=O) groups excluding carboxylic acids is 1. The van der Waals surface area contributed by atoms with Crippen molar-refractivity contribution in [3.8, 4) is 0 Å². The highest BCUT2D eigenvalue weighted by Gasteiger charge is 2.17. The van der Waals surface area contributed by atoms with E-state index >= 15 is 0 Å². The standard InChI is InChI=1S/C21H25ClN4O3S/c1-3-12-26-19-9-8-16(30(23,28)29)13-18(19)24-20(26)10-11-21(27)25(2)14-15-6-4-5-7-17(15)22/h4-9,13H,3,10-12,14H2,1-2H3,(H2,23,28,29). The van der Waals surface area contributed by atoms with Gasteiger partial charge >= 0.3 is 0 Å². The molecule has 3 aromatic rings. The van der Waals surface area contributed by atoms with Gasteiger partial charge in [0.2, 0.25) is 15.9 Å². The summed E-state index contributed by atoms with van der Waals surface area (Å²) in [6.45, 7) is 3.21. The predicted molar refractivity (Wildman–Crippen MR) is 118 cm³/mol. The Bertz CT molecular complexity index is 1170. The van der Waals surface area contributed by atoms with Crippen molar-refractivity contribution in [1.29, 1.82) is 0 Å². The van der Waals surface area contributed by atoms with Gasteiger partial charge in [0.15, 0.2) is 0 Å². The largest absolute Gasteiger partial charge is 0.341 e. The van der Waals surface area contributed by atoms with Crippen LogP contribution >= 0.6 is 11.6 Å². The number of amides is 1. The van der Waals surface area contributed by atoms with E-state index in [1.165, 1.54) is 12.1 Å². The average Bonchev–Trinajstić information content (AvgIpc) is 3.04. The minimum Gasteiger partial charge on any atom is -0.341 e. The van der Waals surface area contributed by atoms with E-state index in [9.17, 15) is 13.2 Å². The molecule has 1 amide bonds. The predicted octanol–water partition coefficient (Wildman–Crippen LogP) is 3.34. The van der Waals surface area contributed by atoms with Gasteiger partial charge in [0.25, 0.3) is 0 Å². The topological polar surface area (TPSA) is 98.3 Å². The molecular weight excluding hydrogens is 424 g/mol. The summed E-state index contributed by atoms with van der Waals surface area (Å²) in [6, 6.07) is 12.1. The lowest BCUT2D eigenvalue weighted by molar-refractivity contribution is -0.130. The van der Waals surface area contributed by atoms with Crippen LogP contribution in [-0.4, -0.2) is 35.8 Å². The molecule has 0 bridgehead atoms. The number of fused-ring (bicyclic) bond motifs is 1. The zero-order chi connectivity index (χ0) is 21.9. The van der Waals surface area contributed by atoms with Gasteiger partial charge in [0, 0.05) is 38.0 Å². The van der Waals surface area contributed by atoms with Crippen LogP contribution in [-0.2, 0) is 34.3 Å². The monoisotopic (exact) mass is 448 g/mol. The molecule has 2 N–H and O–H groups in total. The van der Waals surface area contributed by atoms with Gasteiger partial charge in [-0.2, -0.15) is 0 Å². The fourth-order valence-corrected chi connectivity index (χ4v) is 4.11. The first-order valence-electron chi connectivity index (χ1n) is 9.70. The van der Waals surface area contributed by atoms with Crippen LogP contribution in [0.1, 0.15) is 31.2 Å². The summed E-state index contributed by atoms with van der Waals surface area (Å²) >= 11 is 6.19. The molecule has 0 saturated heterocycles.